The summed E-state index contributed by atoms with van der Waals surface area (Å²) in [4.78, 5) is 28.0. The van der Waals surface area contributed by atoms with Crippen LogP contribution in [0.4, 0.5) is 0 Å². The number of ketones is 2. The van der Waals surface area contributed by atoms with Crippen LogP contribution in [-0.4, -0.2) is 30.9 Å². The summed E-state index contributed by atoms with van der Waals surface area (Å²) in [5.74, 6) is -0.477. The van der Waals surface area contributed by atoms with Crippen LogP contribution in [0.2, 0.25) is 10.0 Å². The minimum Gasteiger partial charge on any atom is -0.507 e. The Labute approximate surface area is 242 Å². The van der Waals surface area contributed by atoms with E-state index >= 15 is 0 Å². The molecule has 4 aromatic rings. The molecule has 0 aliphatic carbocycles. The van der Waals surface area contributed by atoms with Crippen molar-refractivity contribution in [3.63, 3.8) is 0 Å². The van der Waals surface area contributed by atoms with Gasteiger partial charge >= 0.3 is 0 Å². The molecule has 204 valence electrons. The fraction of sp³-hybridized carbons (Fsp3) is 0.188. The van der Waals surface area contributed by atoms with E-state index in [4.69, 9.17) is 37.4 Å². The van der Waals surface area contributed by atoms with Gasteiger partial charge in [0.25, 0.3) is 0 Å². The number of phenolic OH excluding ortho intramolecular Hbond substituents is 1. The molecule has 1 aliphatic heterocycles. The van der Waals surface area contributed by atoms with Crippen molar-refractivity contribution in [2.24, 2.45) is 5.92 Å². The molecule has 0 radical (unpaired) electrons. The highest BCUT2D eigenvalue weighted by molar-refractivity contribution is 6.31. The normalized spacial score (nSPS) is 16.9. The van der Waals surface area contributed by atoms with Crippen molar-refractivity contribution in [2.75, 3.05) is 14.2 Å². The molecular weight excluding hydrogens is 551 g/mol. The second-order valence-corrected chi connectivity index (χ2v) is 10.4. The fourth-order valence-corrected chi connectivity index (χ4v) is 5.48. The average Bonchev–Trinajstić information content (AvgIpc) is 2.97. The maximum atomic E-state index is 14.3. The van der Waals surface area contributed by atoms with E-state index in [1.54, 1.807) is 56.7 Å². The topological polar surface area (TPSA) is 82.1 Å². The maximum absolute atomic E-state index is 14.3. The van der Waals surface area contributed by atoms with Crippen LogP contribution in [-0.2, 0) is 0 Å². The number of rotatable bonds is 8. The SMILES string of the molecule is COc1ccc([C@H](CC(=O)c2cc(Cl)ccc2O)[C@@H]2C(=O)c3cc(Cl)ccc3O[C@H]2c2ccc(OC)cc2)cc1. The third-order valence-corrected chi connectivity index (χ3v) is 7.65. The van der Waals surface area contributed by atoms with Crippen molar-refractivity contribution in [2.45, 2.75) is 18.4 Å². The molecule has 1 N–H and O–H groups in total. The summed E-state index contributed by atoms with van der Waals surface area (Å²) in [5.41, 5.74) is 1.91. The third kappa shape index (κ3) is 5.51. The molecular formula is C32H26Cl2O6. The highest BCUT2D eigenvalue weighted by Gasteiger charge is 2.44. The molecule has 3 atom stereocenters. The van der Waals surface area contributed by atoms with Crippen molar-refractivity contribution in [3.8, 4) is 23.0 Å². The number of ether oxygens (including phenoxy) is 3. The molecule has 5 rings (SSSR count). The first-order valence-corrected chi connectivity index (χ1v) is 13.3. The Morgan fingerprint density at radius 3 is 2.12 bits per heavy atom. The third-order valence-electron chi connectivity index (χ3n) is 7.18. The van der Waals surface area contributed by atoms with Crippen LogP contribution in [0.3, 0.4) is 0 Å². The van der Waals surface area contributed by atoms with Gasteiger partial charge in [-0.1, -0.05) is 47.5 Å². The van der Waals surface area contributed by atoms with Crippen LogP contribution >= 0.6 is 23.2 Å². The zero-order valence-corrected chi connectivity index (χ0v) is 23.3. The van der Waals surface area contributed by atoms with Gasteiger partial charge in [-0.3, -0.25) is 9.59 Å². The van der Waals surface area contributed by atoms with Gasteiger partial charge in [0.15, 0.2) is 11.6 Å². The van der Waals surface area contributed by atoms with Gasteiger partial charge in [-0.2, -0.15) is 0 Å². The summed E-state index contributed by atoms with van der Waals surface area (Å²) in [6.07, 6.45) is -0.817. The van der Waals surface area contributed by atoms with Gasteiger partial charge in [-0.05, 0) is 71.8 Å². The van der Waals surface area contributed by atoms with Crippen molar-refractivity contribution in [1.82, 2.24) is 0 Å². The van der Waals surface area contributed by atoms with Gasteiger partial charge in [-0.25, -0.2) is 0 Å². The molecule has 0 fully saturated rings. The zero-order valence-electron chi connectivity index (χ0n) is 21.8. The lowest BCUT2D eigenvalue weighted by Gasteiger charge is -2.37. The number of carbonyl (C=O) groups excluding carboxylic acids is 2. The van der Waals surface area contributed by atoms with E-state index < -0.39 is 17.9 Å². The summed E-state index contributed by atoms with van der Waals surface area (Å²) in [6.45, 7) is 0. The minimum atomic E-state index is -0.807. The number of halogens is 2. The van der Waals surface area contributed by atoms with Gasteiger partial charge in [-0.15, -0.1) is 0 Å². The first kappa shape index (κ1) is 27.6. The van der Waals surface area contributed by atoms with E-state index in [1.165, 1.54) is 18.2 Å². The first-order valence-electron chi connectivity index (χ1n) is 12.6. The fourth-order valence-electron chi connectivity index (χ4n) is 5.13. The second kappa shape index (κ2) is 11.6. The Kier molecular flexibility index (Phi) is 8.01. The molecule has 0 aromatic heterocycles. The molecule has 0 unspecified atom stereocenters. The van der Waals surface area contributed by atoms with Crippen LogP contribution in [0.1, 0.15) is 50.3 Å². The van der Waals surface area contributed by atoms with E-state index in [1.807, 2.05) is 24.3 Å². The van der Waals surface area contributed by atoms with Crippen molar-refractivity contribution in [1.29, 1.82) is 0 Å². The number of phenols is 1. The second-order valence-electron chi connectivity index (χ2n) is 9.51. The van der Waals surface area contributed by atoms with Gasteiger partial charge in [0.05, 0.1) is 31.3 Å². The molecule has 0 spiro atoms. The smallest absolute Gasteiger partial charge is 0.174 e. The number of aromatic hydroxyl groups is 1. The summed E-state index contributed by atoms with van der Waals surface area (Å²) in [5, 5.41) is 11.2. The molecule has 1 aliphatic rings. The number of Topliss-reactive ketones (excluding diaryl/α,β-unsaturated/α-hetero) is 2. The van der Waals surface area contributed by atoms with Gasteiger partial charge in [0.2, 0.25) is 0 Å². The Morgan fingerprint density at radius 1 is 0.875 bits per heavy atom. The van der Waals surface area contributed by atoms with Crippen molar-refractivity contribution < 1.29 is 28.9 Å². The predicted molar refractivity (Wildman–Crippen MR) is 153 cm³/mol. The monoisotopic (exact) mass is 576 g/mol. The van der Waals surface area contributed by atoms with Gasteiger partial charge < -0.3 is 19.3 Å². The van der Waals surface area contributed by atoms with Crippen molar-refractivity contribution >= 4 is 34.8 Å². The molecule has 0 amide bonds. The zero-order chi connectivity index (χ0) is 28.4. The lowest BCUT2D eigenvalue weighted by atomic mass is 9.72. The number of methoxy groups -OCH3 is 2. The molecule has 0 bridgehead atoms. The lowest BCUT2D eigenvalue weighted by molar-refractivity contribution is 0.0577. The first-order chi connectivity index (χ1) is 19.3. The van der Waals surface area contributed by atoms with E-state index in [9.17, 15) is 14.7 Å². The van der Waals surface area contributed by atoms with E-state index in [2.05, 4.69) is 0 Å². The molecule has 0 saturated carbocycles. The molecule has 0 saturated heterocycles. The summed E-state index contributed by atoms with van der Waals surface area (Å²) in [6, 6.07) is 23.8. The Balaban J connectivity index is 1.65. The number of carbonyl (C=O) groups is 2. The highest BCUT2D eigenvalue weighted by atomic mass is 35.5. The molecule has 4 aromatic carbocycles. The Hall–Kier alpha value is -4.00. The summed E-state index contributed by atoms with van der Waals surface area (Å²) < 4.78 is 17.1. The van der Waals surface area contributed by atoms with Crippen LogP contribution in [0, 0.1) is 5.92 Å². The number of hydrogen-bond acceptors (Lipinski definition) is 6. The van der Waals surface area contributed by atoms with Crippen LogP contribution in [0.5, 0.6) is 23.0 Å². The van der Waals surface area contributed by atoms with E-state index in [-0.39, 0.29) is 29.3 Å². The Morgan fingerprint density at radius 2 is 1.48 bits per heavy atom. The predicted octanol–water partition coefficient (Wildman–Crippen LogP) is 7.71. The van der Waals surface area contributed by atoms with E-state index in [0.29, 0.717) is 32.9 Å². The van der Waals surface area contributed by atoms with Gasteiger partial charge in [0, 0.05) is 22.4 Å². The lowest BCUT2D eigenvalue weighted by Crippen LogP contribution is -2.36. The Bertz CT molecular complexity index is 1550. The average molecular weight is 577 g/mol. The van der Waals surface area contributed by atoms with Crippen molar-refractivity contribution in [3.05, 3.63) is 117 Å². The maximum Gasteiger partial charge on any atom is 0.174 e. The summed E-state index contributed by atoms with van der Waals surface area (Å²) in [7, 11) is 3.14. The molecule has 8 heteroatoms. The van der Waals surface area contributed by atoms with Crippen LogP contribution in [0.15, 0.2) is 84.9 Å². The molecule has 40 heavy (non-hydrogen) atoms. The standard InChI is InChI=1S/C32H26Cl2O6/c1-38-22-9-3-18(4-10-22)24(17-28(36)25-15-20(33)7-13-27(25)35)30-31(37)26-16-21(34)8-14-29(26)40-32(30)19-5-11-23(39-2)12-6-19/h3-16,24,30,32,35H,17H2,1-2H3/t24-,30+,32-/m0/s1. The van der Waals surface area contributed by atoms with E-state index in [0.717, 1.165) is 11.1 Å². The summed E-state index contributed by atoms with van der Waals surface area (Å²) >= 11 is 12.4. The number of fused-ring (bicyclic) bond motifs is 1. The highest BCUT2D eigenvalue weighted by Crippen LogP contribution is 2.47. The largest absolute Gasteiger partial charge is 0.507 e. The van der Waals surface area contributed by atoms with Crippen LogP contribution in [0.25, 0.3) is 0 Å². The minimum absolute atomic E-state index is 0.0830. The quantitative estimate of drug-likeness (QED) is 0.216. The number of hydrogen-bond donors (Lipinski definition) is 1. The molecule has 1 heterocycles. The van der Waals surface area contributed by atoms with Crippen LogP contribution < -0.4 is 14.2 Å². The number of benzene rings is 4. The molecule has 6 nitrogen and oxygen atoms in total. The van der Waals surface area contributed by atoms with Gasteiger partial charge in [0.1, 0.15) is 29.1 Å².